The summed E-state index contributed by atoms with van der Waals surface area (Å²) >= 11 is 0. The van der Waals surface area contributed by atoms with Gasteiger partial charge in [0.05, 0.1) is 6.04 Å². The standard InChI is InChI=1S/C26H32N4O2.C2HF3O2/c1-30(26(32)23(28)17-19-8-3-2-4-9-19)24(12-7-15-27)25(31)29-18-20-13-14-21-10-5-6-11-22(21)16-20;3-2(4,5)1(6)7/h2-6,8-11,13-14,16,23-24H,7,12,15,17-18,27-28H2,1H3,(H,29,31);(H,6,7)/t23-,24-;/m0./s1. The van der Waals surface area contributed by atoms with Gasteiger partial charge in [0, 0.05) is 13.6 Å². The zero-order chi connectivity index (χ0) is 29.0. The molecule has 0 saturated carbocycles. The van der Waals surface area contributed by atoms with Crippen LogP contribution >= 0.6 is 0 Å². The number of carboxylic acids is 1. The molecule has 39 heavy (non-hydrogen) atoms. The van der Waals surface area contributed by atoms with Crippen molar-refractivity contribution in [2.75, 3.05) is 13.6 Å². The largest absolute Gasteiger partial charge is 0.490 e. The Labute approximate surface area is 224 Å². The third-order valence-corrected chi connectivity index (χ3v) is 5.94. The topological polar surface area (TPSA) is 139 Å². The van der Waals surface area contributed by atoms with Crippen molar-refractivity contribution in [3.05, 3.63) is 83.9 Å². The van der Waals surface area contributed by atoms with Crippen molar-refractivity contribution in [2.24, 2.45) is 11.5 Å². The maximum atomic E-state index is 13.0. The van der Waals surface area contributed by atoms with Crippen molar-refractivity contribution in [1.29, 1.82) is 0 Å². The maximum absolute atomic E-state index is 13.0. The van der Waals surface area contributed by atoms with E-state index < -0.39 is 24.2 Å². The molecule has 0 aromatic heterocycles. The average Bonchev–Trinajstić information content (AvgIpc) is 2.91. The van der Waals surface area contributed by atoms with Gasteiger partial charge in [-0.25, -0.2) is 4.79 Å². The second-order valence-electron chi connectivity index (χ2n) is 8.89. The molecule has 3 aromatic rings. The number of nitrogens with zero attached hydrogens (tertiary/aromatic N) is 1. The van der Waals surface area contributed by atoms with Gasteiger partial charge >= 0.3 is 12.1 Å². The summed E-state index contributed by atoms with van der Waals surface area (Å²) < 4.78 is 31.7. The Bertz CT molecular complexity index is 1240. The first-order valence-corrected chi connectivity index (χ1v) is 12.3. The van der Waals surface area contributed by atoms with Crippen LogP contribution in [0.15, 0.2) is 72.8 Å². The number of fused-ring (bicyclic) bond motifs is 1. The van der Waals surface area contributed by atoms with Gasteiger partial charge in [-0.2, -0.15) is 13.2 Å². The van der Waals surface area contributed by atoms with E-state index in [4.69, 9.17) is 21.4 Å². The van der Waals surface area contributed by atoms with Crippen LogP contribution in [-0.4, -0.2) is 59.6 Å². The molecule has 0 fully saturated rings. The number of hydrogen-bond donors (Lipinski definition) is 4. The number of nitrogens with two attached hydrogens (primary N) is 2. The van der Waals surface area contributed by atoms with Gasteiger partial charge in [0.25, 0.3) is 0 Å². The van der Waals surface area contributed by atoms with Crippen LogP contribution in [0.1, 0.15) is 24.0 Å². The van der Waals surface area contributed by atoms with Crippen molar-refractivity contribution in [3.63, 3.8) is 0 Å². The van der Waals surface area contributed by atoms with E-state index in [1.165, 1.54) is 4.90 Å². The average molecular weight is 547 g/mol. The fraction of sp³-hybridized carbons (Fsp3) is 0.321. The number of nitrogens with one attached hydrogen (secondary N) is 1. The Morgan fingerprint density at radius 2 is 1.54 bits per heavy atom. The fourth-order valence-electron chi connectivity index (χ4n) is 3.84. The van der Waals surface area contributed by atoms with E-state index in [2.05, 4.69) is 17.4 Å². The quantitative estimate of drug-likeness (QED) is 0.308. The Balaban J connectivity index is 0.000000673. The third kappa shape index (κ3) is 10.0. The van der Waals surface area contributed by atoms with Crippen molar-refractivity contribution in [1.82, 2.24) is 10.2 Å². The molecule has 2 atom stereocenters. The van der Waals surface area contributed by atoms with Gasteiger partial charge in [-0.05, 0) is 53.8 Å². The van der Waals surface area contributed by atoms with Gasteiger partial charge in [-0.3, -0.25) is 9.59 Å². The molecule has 6 N–H and O–H groups in total. The molecule has 0 saturated heterocycles. The lowest BCUT2D eigenvalue weighted by atomic mass is 10.0. The van der Waals surface area contributed by atoms with E-state index in [1.807, 2.05) is 60.7 Å². The number of alkyl halides is 3. The van der Waals surface area contributed by atoms with Crippen molar-refractivity contribution < 1.29 is 32.7 Å². The lowest BCUT2D eigenvalue weighted by molar-refractivity contribution is -0.192. The van der Waals surface area contributed by atoms with Crippen LogP contribution in [-0.2, 0) is 27.3 Å². The molecule has 8 nitrogen and oxygen atoms in total. The van der Waals surface area contributed by atoms with E-state index in [1.54, 1.807) is 7.05 Å². The van der Waals surface area contributed by atoms with Gasteiger partial charge in [0.1, 0.15) is 6.04 Å². The highest BCUT2D eigenvalue weighted by Crippen LogP contribution is 2.16. The summed E-state index contributed by atoms with van der Waals surface area (Å²) in [4.78, 5) is 36.4. The lowest BCUT2D eigenvalue weighted by Gasteiger charge is -2.29. The SMILES string of the molecule is CN(C(=O)[C@@H](N)Cc1ccccc1)[C@@H](CCCN)C(=O)NCc1ccc2ccccc2c1.O=C(O)C(F)(F)F. The van der Waals surface area contributed by atoms with Gasteiger partial charge in [0.15, 0.2) is 0 Å². The normalized spacial score (nSPS) is 12.6. The van der Waals surface area contributed by atoms with Crippen LogP contribution in [0.2, 0.25) is 0 Å². The Morgan fingerprint density at radius 3 is 2.13 bits per heavy atom. The number of halogens is 3. The Hall–Kier alpha value is -3.96. The summed E-state index contributed by atoms with van der Waals surface area (Å²) in [5.41, 5.74) is 13.9. The molecule has 11 heteroatoms. The monoisotopic (exact) mass is 546 g/mol. The van der Waals surface area contributed by atoms with Crippen LogP contribution in [0.5, 0.6) is 0 Å². The van der Waals surface area contributed by atoms with E-state index in [0.717, 1.165) is 21.9 Å². The van der Waals surface area contributed by atoms with Crippen LogP contribution < -0.4 is 16.8 Å². The molecule has 0 unspecified atom stereocenters. The second kappa shape index (κ2) is 14.8. The smallest absolute Gasteiger partial charge is 0.475 e. The molecular formula is C28H33F3N4O4. The van der Waals surface area contributed by atoms with Crippen LogP contribution in [0, 0.1) is 0 Å². The Kier molecular flexibility index (Phi) is 11.9. The highest BCUT2D eigenvalue weighted by molar-refractivity contribution is 5.90. The fourth-order valence-corrected chi connectivity index (χ4v) is 3.84. The molecule has 2 amide bonds. The summed E-state index contributed by atoms with van der Waals surface area (Å²) in [6, 6.07) is 22.5. The van der Waals surface area contributed by atoms with Crippen LogP contribution in [0.25, 0.3) is 10.8 Å². The number of carboxylic acid groups (broad SMARTS) is 1. The predicted molar refractivity (Wildman–Crippen MR) is 142 cm³/mol. The predicted octanol–water partition coefficient (Wildman–Crippen LogP) is 3.23. The number of benzene rings is 3. The van der Waals surface area contributed by atoms with E-state index in [0.29, 0.717) is 32.4 Å². The van der Waals surface area contributed by atoms with Crippen LogP contribution in [0.4, 0.5) is 13.2 Å². The number of likely N-dealkylation sites (N-methyl/N-ethyl adjacent to an activating group) is 1. The second-order valence-corrected chi connectivity index (χ2v) is 8.89. The minimum atomic E-state index is -5.08. The van der Waals surface area contributed by atoms with Crippen molar-refractivity contribution >= 4 is 28.6 Å². The van der Waals surface area contributed by atoms with Crippen molar-refractivity contribution in [2.45, 2.75) is 44.1 Å². The van der Waals surface area contributed by atoms with E-state index in [-0.39, 0.29) is 11.8 Å². The summed E-state index contributed by atoms with van der Waals surface area (Å²) in [7, 11) is 1.64. The lowest BCUT2D eigenvalue weighted by Crippen LogP contribution is -2.52. The van der Waals surface area contributed by atoms with Gasteiger partial charge in [-0.15, -0.1) is 0 Å². The first-order chi connectivity index (χ1) is 18.4. The number of aliphatic carboxylic acids is 1. The third-order valence-electron chi connectivity index (χ3n) is 5.94. The molecule has 3 aromatic carbocycles. The van der Waals surface area contributed by atoms with Crippen molar-refractivity contribution in [3.8, 4) is 0 Å². The number of carbonyl (C=O) groups excluding carboxylic acids is 2. The molecular weight excluding hydrogens is 513 g/mol. The van der Waals surface area contributed by atoms with Gasteiger partial charge in [0.2, 0.25) is 11.8 Å². The van der Waals surface area contributed by atoms with Crippen LogP contribution in [0.3, 0.4) is 0 Å². The van der Waals surface area contributed by atoms with E-state index in [9.17, 15) is 22.8 Å². The minimum Gasteiger partial charge on any atom is -0.475 e. The molecule has 0 aliphatic carbocycles. The summed E-state index contributed by atoms with van der Waals surface area (Å²) in [6.07, 6.45) is -3.54. The zero-order valence-electron chi connectivity index (χ0n) is 21.5. The Morgan fingerprint density at radius 1 is 0.949 bits per heavy atom. The van der Waals surface area contributed by atoms with E-state index >= 15 is 0 Å². The highest BCUT2D eigenvalue weighted by Gasteiger charge is 2.38. The molecule has 3 rings (SSSR count). The molecule has 0 spiro atoms. The number of hydrogen-bond acceptors (Lipinski definition) is 5. The molecule has 0 bridgehead atoms. The number of rotatable bonds is 10. The zero-order valence-corrected chi connectivity index (χ0v) is 21.5. The number of carbonyl (C=O) groups is 3. The first kappa shape index (κ1) is 31.3. The summed E-state index contributed by atoms with van der Waals surface area (Å²) in [6.45, 7) is 0.841. The van der Waals surface area contributed by atoms with Gasteiger partial charge < -0.3 is 26.8 Å². The molecule has 210 valence electrons. The molecule has 0 heterocycles. The molecule has 0 radical (unpaired) electrons. The first-order valence-electron chi connectivity index (χ1n) is 12.3. The minimum absolute atomic E-state index is 0.200. The molecule has 0 aliphatic heterocycles. The number of amides is 2. The molecule has 0 aliphatic rings. The maximum Gasteiger partial charge on any atom is 0.490 e. The summed E-state index contributed by atoms with van der Waals surface area (Å²) in [5.74, 6) is -3.21. The summed E-state index contributed by atoms with van der Waals surface area (Å²) in [5, 5.41) is 12.4. The highest BCUT2D eigenvalue weighted by atomic mass is 19.4. The van der Waals surface area contributed by atoms with Gasteiger partial charge in [-0.1, -0.05) is 66.7 Å².